The van der Waals surface area contributed by atoms with E-state index in [0.717, 1.165) is 6.42 Å². The minimum atomic E-state index is -0.158. The molecule has 0 aliphatic rings. The molecule has 0 bridgehead atoms. The number of nitrogens with one attached hydrogen (secondary N) is 1. The Kier molecular flexibility index (Phi) is 6.91. The van der Waals surface area contributed by atoms with Crippen LogP contribution in [0.4, 0.5) is 0 Å². The molecular weight excluding hydrogens is 230 g/mol. The minimum Gasteiger partial charge on any atom is -0.358 e. The molecule has 5 heteroatoms. The quantitative estimate of drug-likeness (QED) is 0.736. The van der Waals surface area contributed by atoms with Gasteiger partial charge in [0.05, 0.1) is 6.54 Å². The third-order valence-corrected chi connectivity index (χ3v) is 2.66. The molecule has 0 rings (SSSR count). The monoisotopic (exact) mass is 257 g/mol. The summed E-state index contributed by atoms with van der Waals surface area (Å²) in [6, 6.07) is -0.156. The highest BCUT2D eigenvalue weighted by Crippen LogP contribution is 2.21. The van der Waals surface area contributed by atoms with Crippen LogP contribution in [0.25, 0.3) is 0 Å². The normalized spacial score (nSPS) is 13.0. The average Bonchev–Trinajstić information content (AvgIpc) is 2.22. The van der Waals surface area contributed by atoms with Crippen molar-refractivity contribution in [3.8, 4) is 0 Å². The van der Waals surface area contributed by atoms with Crippen molar-refractivity contribution in [2.24, 2.45) is 11.1 Å². The lowest BCUT2D eigenvalue weighted by molar-refractivity contribution is -0.136. The van der Waals surface area contributed by atoms with Gasteiger partial charge in [0.2, 0.25) is 11.8 Å². The molecule has 0 saturated carbocycles. The van der Waals surface area contributed by atoms with Crippen molar-refractivity contribution in [2.45, 2.75) is 46.6 Å². The first-order valence-electron chi connectivity index (χ1n) is 6.43. The first-order valence-corrected chi connectivity index (χ1v) is 6.43. The molecule has 0 aliphatic heterocycles. The Morgan fingerprint density at radius 2 is 1.89 bits per heavy atom. The fraction of sp³-hybridized carbons (Fsp3) is 0.846. The lowest BCUT2D eigenvalue weighted by Crippen LogP contribution is -2.42. The Hall–Kier alpha value is -1.10. The molecule has 0 fully saturated rings. The van der Waals surface area contributed by atoms with E-state index in [1.165, 1.54) is 4.90 Å². The molecule has 18 heavy (non-hydrogen) atoms. The zero-order chi connectivity index (χ0) is 14.3. The van der Waals surface area contributed by atoms with Crippen molar-refractivity contribution in [1.82, 2.24) is 10.2 Å². The summed E-state index contributed by atoms with van der Waals surface area (Å²) in [5, 5.41) is 2.51. The number of carbonyl (C=O) groups is 2. The largest absolute Gasteiger partial charge is 0.358 e. The van der Waals surface area contributed by atoms with E-state index >= 15 is 0 Å². The lowest BCUT2D eigenvalue weighted by Gasteiger charge is -2.25. The van der Waals surface area contributed by atoms with Crippen LogP contribution < -0.4 is 11.1 Å². The van der Waals surface area contributed by atoms with Gasteiger partial charge in [-0.1, -0.05) is 20.8 Å². The fourth-order valence-corrected chi connectivity index (χ4v) is 1.84. The van der Waals surface area contributed by atoms with Gasteiger partial charge < -0.3 is 16.0 Å². The maximum Gasteiger partial charge on any atom is 0.239 e. The Morgan fingerprint density at radius 1 is 1.33 bits per heavy atom. The molecule has 1 unspecified atom stereocenters. The number of carbonyl (C=O) groups excluding carboxylic acids is 2. The predicted molar refractivity (Wildman–Crippen MR) is 73.0 cm³/mol. The Morgan fingerprint density at radius 3 is 2.28 bits per heavy atom. The zero-order valence-electron chi connectivity index (χ0n) is 12.2. The molecule has 0 saturated heterocycles. The highest BCUT2D eigenvalue weighted by Gasteiger charge is 2.21. The van der Waals surface area contributed by atoms with Crippen LogP contribution in [0.1, 0.15) is 40.5 Å². The van der Waals surface area contributed by atoms with E-state index in [4.69, 9.17) is 5.73 Å². The smallest absolute Gasteiger partial charge is 0.239 e. The standard InChI is InChI=1S/C13H27N3O2/c1-6-16(9-11(17)15-5)12(18)7-10(14)8-13(2,3)4/h10H,6-9,14H2,1-5H3,(H,15,17). The van der Waals surface area contributed by atoms with Gasteiger partial charge in [-0.15, -0.1) is 0 Å². The molecule has 0 aromatic rings. The van der Waals surface area contributed by atoms with Crippen molar-refractivity contribution in [3.05, 3.63) is 0 Å². The van der Waals surface area contributed by atoms with Gasteiger partial charge in [-0.05, 0) is 18.8 Å². The predicted octanol–water partition coefficient (Wildman–Crippen LogP) is 0.735. The van der Waals surface area contributed by atoms with Crippen LogP contribution in [0, 0.1) is 5.41 Å². The lowest BCUT2D eigenvalue weighted by atomic mass is 9.87. The first kappa shape index (κ1) is 16.9. The highest BCUT2D eigenvalue weighted by atomic mass is 16.2. The summed E-state index contributed by atoms with van der Waals surface area (Å²) < 4.78 is 0. The van der Waals surface area contributed by atoms with E-state index in [2.05, 4.69) is 26.1 Å². The summed E-state index contributed by atoms with van der Waals surface area (Å²) in [5.41, 5.74) is 6.08. The zero-order valence-corrected chi connectivity index (χ0v) is 12.2. The SMILES string of the molecule is CCN(CC(=O)NC)C(=O)CC(N)CC(C)(C)C. The fourth-order valence-electron chi connectivity index (χ4n) is 1.84. The van der Waals surface area contributed by atoms with Gasteiger partial charge in [-0.2, -0.15) is 0 Å². The van der Waals surface area contributed by atoms with Gasteiger partial charge in [0.1, 0.15) is 0 Å². The number of likely N-dealkylation sites (N-methyl/N-ethyl adjacent to an activating group) is 2. The van der Waals surface area contributed by atoms with E-state index < -0.39 is 0 Å². The third kappa shape index (κ3) is 7.27. The first-order chi connectivity index (χ1) is 8.19. The second-order valence-electron chi connectivity index (χ2n) is 5.81. The molecule has 3 N–H and O–H groups in total. The molecular formula is C13H27N3O2. The number of hydrogen-bond acceptors (Lipinski definition) is 3. The van der Waals surface area contributed by atoms with E-state index in [1.807, 2.05) is 6.92 Å². The second-order valence-corrected chi connectivity index (χ2v) is 5.81. The average molecular weight is 257 g/mol. The van der Waals surface area contributed by atoms with Crippen LogP contribution in [-0.4, -0.2) is 42.9 Å². The van der Waals surface area contributed by atoms with Crippen molar-refractivity contribution in [1.29, 1.82) is 0 Å². The van der Waals surface area contributed by atoms with Crippen LogP contribution in [-0.2, 0) is 9.59 Å². The van der Waals surface area contributed by atoms with Crippen LogP contribution in [0.3, 0.4) is 0 Å². The molecule has 0 aromatic heterocycles. The van der Waals surface area contributed by atoms with Crippen molar-refractivity contribution in [3.63, 3.8) is 0 Å². The Labute approximate surface area is 110 Å². The van der Waals surface area contributed by atoms with Crippen LogP contribution in [0.2, 0.25) is 0 Å². The summed E-state index contributed by atoms with van der Waals surface area (Å²) in [6.45, 7) is 8.77. The van der Waals surface area contributed by atoms with E-state index in [1.54, 1.807) is 7.05 Å². The summed E-state index contributed by atoms with van der Waals surface area (Å²) in [6.07, 6.45) is 1.08. The van der Waals surface area contributed by atoms with Gasteiger partial charge in [0.25, 0.3) is 0 Å². The Balaban J connectivity index is 4.31. The summed E-state index contributed by atoms with van der Waals surface area (Å²) in [7, 11) is 1.56. The summed E-state index contributed by atoms with van der Waals surface area (Å²) in [4.78, 5) is 24.8. The number of hydrogen-bond donors (Lipinski definition) is 2. The van der Waals surface area contributed by atoms with Gasteiger partial charge in [0, 0.05) is 26.1 Å². The van der Waals surface area contributed by atoms with E-state index in [9.17, 15) is 9.59 Å². The number of nitrogens with zero attached hydrogens (tertiary/aromatic N) is 1. The molecule has 0 heterocycles. The van der Waals surface area contributed by atoms with Gasteiger partial charge in [0.15, 0.2) is 0 Å². The molecule has 0 aromatic carbocycles. The number of rotatable bonds is 6. The maximum atomic E-state index is 12.0. The summed E-state index contributed by atoms with van der Waals surface area (Å²) >= 11 is 0. The Bertz CT molecular complexity index is 284. The van der Waals surface area contributed by atoms with Crippen molar-refractivity contribution < 1.29 is 9.59 Å². The molecule has 2 amide bonds. The topological polar surface area (TPSA) is 75.4 Å². The van der Waals surface area contributed by atoms with Crippen molar-refractivity contribution >= 4 is 11.8 Å². The maximum absolute atomic E-state index is 12.0. The number of amides is 2. The van der Waals surface area contributed by atoms with Gasteiger partial charge >= 0.3 is 0 Å². The highest BCUT2D eigenvalue weighted by molar-refractivity contribution is 5.84. The van der Waals surface area contributed by atoms with Crippen LogP contribution >= 0.6 is 0 Å². The molecule has 0 radical (unpaired) electrons. The molecule has 0 spiro atoms. The molecule has 0 aliphatic carbocycles. The summed E-state index contributed by atoms with van der Waals surface area (Å²) in [5.74, 6) is -0.215. The van der Waals surface area contributed by atoms with Gasteiger partial charge in [-0.25, -0.2) is 0 Å². The van der Waals surface area contributed by atoms with E-state index in [-0.39, 0.29) is 29.8 Å². The number of nitrogens with two attached hydrogens (primary N) is 1. The molecule has 5 nitrogen and oxygen atoms in total. The molecule has 106 valence electrons. The van der Waals surface area contributed by atoms with Crippen LogP contribution in [0.15, 0.2) is 0 Å². The second kappa shape index (κ2) is 7.36. The third-order valence-electron chi connectivity index (χ3n) is 2.66. The van der Waals surface area contributed by atoms with Crippen LogP contribution in [0.5, 0.6) is 0 Å². The van der Waals surface area contributed by atoms with Crippen molar-refractivity contribution in [2.75, 3.05) is 20.1 Å². The molecule has 1 atom stereocenters. The minimum absolute atomic E-state index is 0.0575. The van der Waals surface area contributed by atoms with E-state index in [0.29, 0.717) is 13.0 Å². The van der Waals surface area contributed by atoms with Gasteiger partial charge in [-0.3, -0.25) is 9.59 Å².